The maximum Gasteiger partial charge on any atom is 0.223 e. The van der Waals surface area contributed by atoms with Crippen LogP contribution in [0.1, 0.15) is 30.5 Å². The number of hydrogen-bond donors (Lipinski definition) is 4. The Morgan fingerprint density at radius 2 is 2.15 bits per heavy atom. The van der Waals surface area contributed by atoms with Crippen molar-refractivity contribution in [3.63, 3.8) is 0 Å². The van der Waals surface area contributed by atoms with Gasteiger partial charge in [0.05, 0.1) is 39.1 Å². The van der Waals surface area contributed by atoms with Gasteiger partial charge in [-0.15, -0.1) is 0 Å². The molecule has 40 heavy (non-hydrogen) atoms. The Morgan fingerprint density at radius 1 is 1.27 bits per heavy atom. The summed E-state index contributed by atoms with van der Waals surface area (Å²) in [6, 6.07) is 13.3. The minimum absolute atomic E-state index is 0.0426. The number of aliphatic hydroxyl groups excluding tert-OH is 1. The highest BCUT2D eigenvalue weighted by atomic mass is 35.5. The van der Waals surface area contributed by atoms with E-state index in [4.69, 9.17) is 31.8 Å². The third-order valence-electron chi connectivity index (χ3n) is 7.11. The Morgan fingerprint density at radius 3 is 2.92 bits per heavy atom. The monoisotopic (exact) mass is 567 g/mol. The fraction of sp³-hybridized carbons (Fsp3) is 0.393. The molecule has 0 saturated carbocycles. The normalized spacial score (nSPS) is 18.0. The van der Waals surface area contributed by atoms with Crippen molar-refractivity contribution in [2.45, 2.75) is 31.7 Å². The first-order valence-corrected chi connectivity index (χ1v) is 13.7. The van der Waals surface area contributed by atoms with Crippen LogP contribution in [0.2, 0.25) is 5.02 Å². The van der Waals surface area contributed by atoms with Gasteiger partial charge in [-0.1, -0.05) is 17.7 Å². The number of anilines is 2. The number of primary amides is 1. The highest BCUT2D eigenvalue weighted by molar-refractivity contribution is 6.31. The number of rotatable bonds is 11. The van der Waals surface area contributed by atoms with Gasteiger partial charge in [-0.3, -0.25) is 14.8 Å². The minimum Gasteiger partial charge on any atom is -0.493 e. The summed E-state index contributed by atoms with van der Waals surface area (Å²) >= 11 is 6.31. The lowest BCUT2D eigenvalue weighted by Gasteiger charge is -2.33. The number of aromatic amines is 1. The molecule has 0 unspecified atom stereocenters. The molecule has 2 aliphatic heterocycles. The van der Waals surface area contributed by atoms with Gasteiger partial charge in [0.25, 0.3) is 0 Å². The van der Waals surface area contributed by atoms with E-state index in [0.29, 0.717) is 47.1 Å². The molecule has 5 rings (SSSR count). The number of nitrogens with two attached hydrogens (primary N) is 1. The molecule has 2 aromatic carbocycles. The number of carbonyl (C=O) groups excluding carboxylic acids is 1. The Labute approximate surface area is 237 Å². The van der Waals surface area contributed by atoms with Gasteiger partial charge in [0.15, 0.2) is 17.3 Å². The number of likely N-dealkylation sites (tertiary alicyclic amines) is 1. The molecule has 1 amide bonds. The number of amidine groups is 1. The SMILES string of the molecule is COc1cc2c(cc1OCCCN1CCC[C@@H]1CO)NCN(c1cccc(Cl)c1)C2=Nc1cc(CC(N)=O)[nH]n1. The Bertz CT molecular complexity index is 1380. The van der Waals surface area contributed by atoms with E-state index in [1.54, 1.807) is 13.2 Å². The summed E-state index contributed by atoms with van der Waals surface area (Å²) < 4.78 is 11.9. The fourth-order valence-corrected chi connectivity index (χ4v) is 5.35. The summed E-state index contributed by atoms with van der Waals surface area (Å²) in [6.07, 6.45) is 3.05. The van der Waals surface area contributed by atoms with Gasteiger partial charge < -0.3 is 30.5 Å². The van der Waals surface area contributed by atoms with E-state index in [-0.39, 0.29) is 19.1 Å². The van der Waals surface area contributed by atoms with Crippen LogP contribution in [0.4, 0.5) is 17.2 Å². The molecule has 212 valence electrons. The van der Waals surface area contributed by atoms with Gasteiger partial charge >= 0.3 is 0 Å². The van der Waals surface area contributed by atoms with Crippen LogP contribution in [0, 0.1) is 0 Å². The number of H-pyrrole nitrogens is 1. The molecular formula is C28H34ClN7O4. The Balaban J connectivity index is 1.42. The van der Waals surface area contributed by atoms with Gasteiger partial charge in [-0.05, 0) is 50.1 Å². The fourth-order valence-electron chi connectivity index (χ4n) is 5.17. The third-order valence-corrected chi connectivity index (χ3v) is 7.34. The van der Waals surface area contributed by atoms with E-state index in [0.717, 1.165) is 49.3 Å². The molecule has 3 aromatic rings. The van der Waals surface area contributed by atoms with Crippen molar-refractivity contribution >= 4 is 40.5 Å². The number of ether oxygens (including phenoxy) is 2. The van der Waals surface area contributed by atoms with Crippen molar-refractivity contribution < 1.29 is 19.4 Å². The van der Waals surface area contributed by atoms with Crippen molar-refractivity contribution in [1.82, 2.24) is 15.1 Å². The summed E-state index contributed by atoms with van der Waals surface area (Å²) in [6.45, 7) is 3.04. The summed E-state index contributed by atoms with van der Waals surface area (Å²) in [5.74, 6) is 1.79. The van der Waals surface area contributed by atoms with E-state index in [9.17, 15) is 9.90 Å². The Kier molecular flexibility index (Phi) is 8.73. The van der Waals surface area contributed by atoms with Crippen molar-refractivity contribution in [1.29, 1.82) is 0 Å². The molecule has 1 atom stereocenters. The maximum absolute atomic E-state index is 11.4. The number of methoxy groups -OCH3 is 1. The van der Waals surface area contributed by atoms with Gasteiger partial charge in [0.1, 0.15) is 5.84 Å². The van der Waals surface area contributed by atoms with E-state index in [1.165, 1.54) is 0 Å². The maximum atomic E-state index is 11.4. The molecule has 0 spiro atoms. The first-order chi connectivity index (χ1) is 19.4. The van der Waals surface area contributed by atoms with Crippen LogP contribution in [0.3, 0.4) is 0 Å². The van der Waals surface area contributed by atoms with Crippen LogP contribution in [0.25, 0.3) is 0 Å². The molecule has 11 nitrogen and oxygen atoms in total. The molecule has 1 aromatic heterocycles. The Hall–Kier alpha value is -3.80. The van der Waals surface area contributed by atoms with Crippen molar-refractivity contribution in [3.8, 4) is 11.5 Å². The van der Waals surface area contributed by atoms with Crippen LogP contribution in [-0.2, 0) is 11.2 Å². The van der Waals surface area contributed by atoms with Crippen molar-refractivity contribution in [2.75, 3.05) is 50.3 Å². The number of halogens is 1. The highest BCUT2D eigenvalue weighted by Gasteiger charge is 2.27. The zero-order chi connectivity index (χ0) is 28.1. The molecule has 0 bridgehead atoms. The zero-order valence-corrected chi connectivity index (χ0v) is 23.2. The first kappa shape index (κ1) is 27.8. The van der Waals surface area contributed by atoms with E-state index < -0.39 is 5.91 Å². The van der Waals surface area contributed by atoms with Crippen LogP contribution in [0.15, 0.2) is 47.5 Å². The summed E-state index contributed by atoms with van der Waals surface area (Å²) in [4.78, 5) is 20.5. The number of carbonyl (C=O) groups is 1. The smallest absolute Gasteiger partial charge is 0.223 e. The van der Waals surface area contributed by atoms with Gasteiger partial charge in [-0.25, -0.2) is 4.99 Å². The number of amides is 1. The third kappa shape index (κ3) is 6.33. The number of benzene rings is 2. The summed E-state index contributed by atoms with van der Waals surface area (Å²) in [5.41, 5.74) is 8.39. The second-order valence-electron chi connectivity index (χ2n) is 9.84. The lowest BCUT2D eigenvalue weighted by Crippen LogP contribution is -2.40. The quantitative estimate of drug-likeness (QED) is 0.259. The van der Waals surface area contributed by atoms with Gasteiger partial charge in [-0.2, -0.15) is 5.10 Å². The molecule has 0 aliphatic carbocycles. The predicted octanol–water partition coefficient (Wildman–Crippen LogP) is 3.29. The predicted molar refractivity (Wildman–Crippen MR) is 155 cm³/mol. The summed E-state index contributed by atoms with van der Waals surface area (Å²) in [5, 5.41) is 20.7. The minimum atomic E-state index is -0.457. The average Bonchev–Trinajstić information content (AvgIpc) is 3.59. The summed E-state index contributed by atoms with van der Waals surface area (Å²) in [7, 11) is 1.61. The van der Waals surface area contributed by atoms with Crippen LogP contribution < -0.4 is 25.4 Å². The second-order valence-corrected chi connectivity index (χ2v) is 10.3. The van der Waals surface area contributed by atoms with E-state index >= 15 is 0 Å². The van der Waals surface area contributed by atoms with Crippen molar-refractivity contribution in [2.24, 2.45) is 10.7 Å². The number of nitrogens with one attached hydrogen (secondary N) is 2. The second kappa shape index (κ2) is 12.6. The molecule has 1 saturated heterocycles. The van der Waals surface area contributed by atoms with Crippen LogP contribution in [-0.4, -0.2) is 78.1 Å². The van der Waals surface area contributed by atoms with Crippen LogP contribution >= 0.6 is 11.6 Å². The largest absolute Gasteiger partial charge is 0.493 e. The molecule has 5 N–H and O–H groups in total. The lowest BCUT2D eigenvalue weighted by molar-refractivity contribution is -0.117. The zero-order valence-electron chi connectivity index (χ0n) is 22.4. The number of aliphatic imine (C=N–C) groups is 1. The number of aromatic nitrogens is 2. The standard InChI is InChI=1S/C28H34ClN7O4/c1-39-24-14-22-23(15-25(24)40-10-4-9-35-8-3-7-21(35)16-37)31-17-36(20-6-2-5-18(29)11-20)28(22)32-27-13-19(33-34-27)12-26(30)38/h2,5-6,11,13-15,21,31,37H,3-4,7-10,12,16-17H2,1H3,(H2,30,38)(H,33,34)/t21-/m1/s1. The van der Waals surface area contributed by atoms with E-state index in [2.05, 4.69) is 20.4 Å². The van der Waals surface area contributed by atoms with Gasteiger partial charge in [0, 0.05) is 46.7 Å². The number of aliphatic hydroxyl groups is 1. The van der Waals surface area contributed by atoms with E-state index in [1.807, 2.05) is 41.3 Å². The molecule has 2 aliphatic rings. The first-order valence-electron chi connectivity index (χ1n) is 13.3. The van der Waals surface area contributed by atoms with Crippen LogP contribution in [0.5, 0.6) is 11.5 Å². The molecule has 0 radical (unpaired) electrons. The number of hydrogen-bond acceptors (Lipinski definition) is 8. The lowest BCUT2D eigenvalue weighted by atomic mass is 10.1. The highest BCUT2D eigenvalue weighted by Crippen LogP contribution is 2.38. The van der Waals surface area contributed by atoms with Gasteiger partial charge in [0.2, 0.25) is 5.91 Å². The number of fused-ring (bicyclic) bond motifs is 1. The average molecular weight is 568 g/mol. The molecule has 1 fully saturated rings. The molecule has 3 heterocycles. The topological polar surface area (TPSA) is 141 Å². The number of nitrogens with zero attached hydrogens (tertiary/aromatic N) is 4. The molecule has 12 heteroatoms. The molecular weight excluding hydrogens is 534 g/mol. The van der Waals surface area contributed by atoms with Crippen molar-refractivity contribution in [3.05, 3.63) is 58.7 Å².